The van der Waals surface area contributed by atoms with E-state index in [2.05, 4.69) is 21.2 Å². The van der Waals surface area contributed by atoms with Gasteiger partial charge < -0.3 is 4.57 Å². The maximum atomic E-state index is 4.43. The van der Waals surface area contributed by atoms with E-state index in [1.807, 2.05) is 49.0 Å². The van der Waals surface area contributed by atoms with Crippen LogP contribution in [0.4, 0.5) is 0 Å². The number of rotatable bonds is 1. The Morgan fingerprint density at radius 2 is 1.82 bits per heavy atom. The summed E-state index contributed by atoms with van der Waals surface area (Å²) in [4.78, 5) is 4.43. The van der Waals surface area contributed by atoms with Crippen LogP contribution in [0.2, 0.25) is 0 Å². The molecule has 0 atom stereocenters. The Labute approximate surface area is 98.9 Å². The lowest BCUT2D eigenvalue weighted by molar-refractivity contribution is 0.862. The molecule has 2 heterocycles. The van der Waals surface area contributed by atoms with Gasteiger partial charge in [0.15, 0.2) is 5.82 Å². The molecule has 0 saturated heterocycles. The fourth-order valence-corrected chi connectivity index (χ4v) is 1.84. The lowest BCUT2D eigenvalue weighted by atomic mass is 10.1. The third kappa shape index (κ3) is 1.58. The topological polar surface area (TPSA) is 43.6 Å². The van der Waals surface area contributed by atoms with Crippen molar-refractivity contribution in [2.45, 2.75) is 6.92 Å². The average molecular weight is 224 g/mol. The van der Waals surface area contributed by atoms with Crippen molar-refractivity contribution in [3.8, 4) is 11.5 Å². The number of aromatic nitrogens is 4. The number of benzene rings is 1. The predicted molar refractivity (Wildman–Crippen MR) is 66.5 cm³/mol. The summed E-state index contributed by atoms with van der Waals surface area (Å²) in [6, 6.07) is 10.2. The standard InChI is InChI=1S/C13H12N4/c1-9-15-16-13(17(9)2)12-7-10-5-3-4-6-11(10)8-14-12/h3-8H,1-2H3. The Morgan fingerprint density at radius 3 is 2.53 bits per heavy atom. The SMILES string of the molecule is Cc1nnc(-c2cc3ccccc3cn2)n1C. The zero-order chi connectivity index (χ0) is 11.8. The average Bonchev–Trinajstić information content (AvgIpc) is 2.70. The molecule has 0 bridgehead atoms. The van der Waals surface area contributed by atoms with Gasteiger partial charge in [0.2, 0.25) is 0 Å². The highest BCUT2D eigenvalue weighted by molar-refractivity contribution is 5.84. The lowest BCUT2D eigenvalue weighted by Gasteiger charge is -2.02. The van der Waals surface area contributed by atoms with Gasteiger partial charge in [0, 0.05) is 18.6 Å². The molecule has 4 nitrogen and oxygen atoms in total. The van der Waals surface area contributed by atoms with Crippen molar-refractivity contribution >= 4 is 10.8 Å². The smallest absolute Gasteiger partial charge is 0.182 e. The molecule has 1 aromatic carbocycles. The first-order chi connectivity index (χ1) is 8.25. The van der Waals surface area contributed by atoms with E-state index < -0.39 is 0 Å². The number of fused-ring (bicyclic) bond motifs is 1. The molecule has 4 heteroatoms. The number of hydrogen-bond acceptors (Lipinski definition) is 3. The van der Waals surface area contributed by atoms with Crippen LogP contribution in [0.5, 0.6) is 0 Å². The van der Waals surface area contributed by atoms with Gasteiger partial charge in [-0.15, -0.1) is 10.2 Å². The summed E-state index contributed by atoms with van der Waals surface area (Å²) < 4.78 is 1.94. The van der Waals surface area contributed by atoms with Gasteiger partial charge in [-0.05, 0) is 18.4 Å². The molecule has 0 amide bonds. The second-order valence-corrected chi connectivity index (χ2v) is 4.05. The molecule has 0 aliphatic rings. The number of pyridine rings is 1. The summed E-state index contributed by atoms with van der Waals surface area (Å²) >= 11 is 0. The maximum Gasteiger partial charge on any atom is 0.182 e. The molecule has 84 valence electrons. The number of hydrogen-bond donors (Lipinski definition) is 0. The molecular formula is C13H12N4. The molecule has 3 rings (SSSR count). The van der Waals surface area contributed by atoms with E-state index in [9.17, 15) is 0 Å². The van der Waals surface area contributed by atoms with Gasteiger partial charge in [-0.2, -0.15) is 0 Å². The second kappa shape index (κ2) is 3.66. The van der Waals surface area contributed by atoms with Gasteiger partial charge in [0.1, 0.15) is 11.5 Å². The number of aryl methyl sites for hydroxylation is 1. The third-order valence-electron chi connectivity index (χ3n) is 2.95. The first-order valence-electron chi connectivity index (χ1n) is 5.47. The van der Waals surface area contributed by atoms with Crippen molar-refractivity contribution in [3.05, 3.63) is 42.4 Å². The van der Waals surface area contributed by atoms with Crippen LogP contribution in [-0.4, -0.2) is 19.7 Å². The lowest BCUT2D eigenvalue weighted by Crippen LogP contribution is -1.96. The summed E-state index contributed by atoms with van der Waals surface area (Å²) in [5, 5.41) is 10.5. The van der Waals surface area contributed by atoms with Crippen LogP contribution >= 0.6 is 0 Å². The molecule has 0 unspecified atom stereocenters. The maximum absolute atomic E-state index is 4.43. The Morgan fingerprint density at radius 1 is 1.06 bits per heavy atom. The van der Waals surface area contributed by atoms with Crippen molar-refractivity contribution in [3.63, 3.8) is 0 Å². The number of nitrogens with zero attached hydrogens (tertiary/aromatic N) is 4. The van der Waals surface area contributed by atoms with Gasteiger partial charge in [-0.1, -0.05) is 24.3 Å². The molecule has 3 aromatic rings. The normalized spacial score (nSPS) is 10.9. The predicted octanol–water partition coefficient (Wildman–Crippen LogP) is 2.34. The summed E-state index contributed by atoms with van der Waals surface area (Å²) in [7, 11) is 1.95. The first kappa shape index (κ1) is 9.96. The molecule has 17 heavy (non-hydrogen) atoms. The monoisotopic (exact) mass is 224 g/mol. The summed E-state index contributed by atoms with van der Waals surface area (Å²) in [5.41, 5.74) is 0.854. The summed E-state index contributed by atoms with van der Waals surface area (Å²) in [5.74, 6) is 1.68. The summed E-state index contributed by atoms with van der Waals surface area (Å²) in [6.45, 7) is 1.93. The van der Waals surface area contributed by atoms with Crippen molar-refractivity contribution in [1.82, 2.24) is 19.7 Å². The Hall–Kier alpha value is -2.23. The van der Waals surface area contributed by atoms with E-state index in [-0.39, 0.29) is 0 Å². The van der Waals surface area contributed by atoms with E-state index in [4.69, 9.17) is 0 Å². The van der Waals surface area contributed by atoms with Crippen LogP contribution in [0.3, 0.4) is 0 Å². The highest BCUT2D eigenvalue weighted by Gasteiger charge is 2.09. The molecule has 0 N–H and O–H groups in total. The quantitative estimate of drug-likeness (QED) is 0.637. The Kier molecular flexibility index (Phi) is 2.14. The van der Waals surface area contributed by atoms with E-state index in [0.717, 1.165) is 28.1 Å². The van der Waals surface area contributed by atoms with Crippen molar-refractivity contribution in [2.75, 3.05) is 0 Å². The van der Waals surface area contributed by atoms with Crippen molar-refractivity contribution in [2.24, 2.45) is 7.05 Å². The van der Waals surface area contributed by atoms with Crippen LogP contribution in [0.1, 0.15) is 5.82 Å². The minimum Gasteiger partial charge on any atom is -0.313 e. The molecular weight excluding hydrogens is 212 g/mol. The van der Waals surface area contributed by atoms with E-state index in [1.165, 1.54) is 0 Å². The van der Waals surface area contributed by atoms with Crippen molar-refractivity contribution in [1.29, 1.82) is 0 Å². The second-order valence-electron chi connectivity index (χ2n) is 4.05. The molecule has 0 fully saturated rings. The Bertz CT molecular complexity index is 685. The van der Waals surface area contributed by atoms with Gasteiger partial charge >= 0.3 is 0 Å². The highest BCUT2D eigenvalue weighted by Crippen LogP contribution is 2.20. The van der Waals surface area contributed by atoms with Crippen LogP contribution < -0.4 is 0 Å². The largest absolute Gasteiger partial charge is 0.313 e. The minimum atomic E-state index is 0.799. The Balaban J connectivity index is 2.21. The van der Waals surface area contributed by atoms with Gasteiger partial charge in [0.25, 0.3) is 0 Å². The fourth-order valence-electron chi connectivity index (χ4n) is 1.84. The van der Waals surface area contributed by atoms with Crippen LogP contribution in [0, 0.1) is 6.92 Å². The van der Waals surface area contributed by atoms with Crippen LogP contribution in [0.15, 0.2) is 36.5 Å². The summed E-state index contributed by atoms with van der Waals surface area (Å²) in [6.07, 6.45) is 1.87. The molecule has 0 aliphatic carbocycles. The molecule has 2 aromatic heterocycles. The van der Waals surface area contributed by atoms with E-state index in [0.29, 0.717) is 0 Å². The highest BCUT2D eigenvalue weighted by atomic mass is 15.3. The van der Waals surface area contributed by atoms with E-state index >= 15 is 0 Å². The van der Waals surface area contributed by atoms with E-state index in [1.54, 1.807) is 0 Å². The molecule has 0 aliphatic heterocycles. The molecule has 0 spiro atoms. The zero-order valence-electron chi connectivity index (χ0n) is 9.75. The molecule has 0 saturated carbocycles. The third-order valence-corrected chi connectivity index (χ3v) is 2.95. The molecule has 0 radical (unpaired) electrons. The zero-order valence-corrected chi connectivity index (χ0v) is 9.75. The van der Waals surface area contributed by atoms with Crippen LogP contribution in [-0.2, 0) is 7.05 Å². The van der Waals surface area contributed by atoms with Gasteiger partial charge in [-0.3, -0.25) is 4.98 Å². The van der Waals surface area contributed by atoms with Gasteiger partial charge in [-0.25, -0.2) is 0 Å². The van der Waals surface area contributed by atoms with Crippen LogP contribution in [0.25, 0.3) is 22.3 Å². The van der Waals surface area contributed by atoms with Crippen molar-refractivity contribution < 1.29 is 0 Å². The van der Waals surface area contributed by atoms with Gasteiger partial charge in [0.05, 0.1) is 0 Å². The first-order valence-corrected chi connectivity index (χ1v) is 5.47. The minimum absolute atomic E-state index is 0.799. The fraction of sp³-hybridized carbons (Fsp3) is 0.154.